The monoisotopic (exact) mass is 370 g/mol. The Bertz CT molecular complexity index is 703. The van der Waals surface area contributed by atoms with Gasteiger partial charge in [-0.1, -0.05) is 72.1 Å². The SMILES string of the molecule is C=C[Si](C)(O[Si](C)(c1ccccc1)[Si](C)(O)C=C)c1ccccc1. The van der Waals surface area contributed by atoms with E-state index in [1.807, 2.05) is 48.6 Å². The van der Waals surface area contributed by atoms with E-state index in [-0.39, 0.29) is 0 Å². The second-order valence-electron chi connectivity index (χ2n) is 6.53. The summed E-state index contributed by atoms with van der Waals surface area (Å²) in [5.74, 6) is 0. The molecule has 2 nitrogen and oxygen atoms in total. The Labute approximate surface area is 148 Å². The largest absolute Gasteiger partial charge is 0.446 e. The van der Waals surface area contributed by atoms with E-state index >= 15 is 0 Å². The second kappa shape index (κ2) is 7.16. The van der Waals surface area contributed by atoms with E-state index in [0.717, 1.165) is 5.19 Å². The molecule has 0 radical (unpaired) electrons. The molecule has 0 aromatic heterocycles. The molecular formula is C19H26O2Si3. The minimum absolute atomic E-state index is 1.11. The van der Waals surface area contributed by atoms with Crippen molar-refractivity contribution in [2.45, 2.75) is 19.6 Å². The van der Waals surface area contributed by atoms with E-state index < -0.39 is 24.0 Å². The van der Waals surface area contributed by atoms with Crippen molar-refractivity contribution in [2.75, 3.05) is 0 Å². The molecule has 0 aliphatic rings. The summed E-state index contributed by atoms with van der Waals surface area (Å²) in [5, 5.41) is 2.28. The quantitative estimate of drug-likeness (QED) is 0.759. The Balaban J connectivity index is 2.57. The van der Waals surface area contributed by atoms with Gasteiger partial charge in [-0.25, -0.2) is 0 Å². The summed E-state index contributed by atoms with van der Waals surface area (Å²) in [6, 6.07) is 20.4. The average molecular weight is 371 g/mol. The van der Waals surface area contributed by atoms with Gasteiger partial charge < -0.3 is 8.91 Å². The minimum atomic E-state index is -2.76. The molecule has 0 saturated carbocycles. The van der Waals surface area contributed by atoms with Crippen LogP contribution in [0.1, 0.15) is 0 Å². The highest BCUT2D eigenvalue weighted by atomic mass is 29.3. The minimum Gasteiger partial charge on any atom is -0.446 e. The van der Waals surface area contributed by atoms with E-state index in [1.54, 1.807) is 5.70 Å². The van der Waals surface area contributed by atoms with Crippen LogP contribution in [0, 0.1) is 0 Å². The highest BCUT2D eigenvalue weighted by molar-refractivity contribution is 7.44. The fourth-order valence-electron chi connectivity index (χ4n) is 2.82. The lowest BCUT2D eigenvalue weighted by Gasteiger charge is -2.43. The first-order chi connectivity index (χ1) is 11.3. The van der Waals surface area contributed by atoms with Gasteiger partial charge in [0.15, 0.2) is 0 Å². The molecule has 1 N–H and O–H groups in total. The maximum atomic E-state index is 11.2. The molecule has 0 heterocycles. The number of hydrogen-bond donors (Lipinski definition) is 1. The van der Waals surface area contributed by atoms with Gasteiger partial charge in [-0.15, -0.1) is 13.2 Å². The first-order valence-electron chi connectivity index (χ1n) is 8.10. The van der Waals surface area contributed by atoms with Gasteiger partial charge in [0.1, 0.15) is 0 Å². The zero-order valence-electron chi connectivity index (χ0n) is 14.7. The zero-order chi connectivity index (χ0) is 17.8. The molecule has 0 fully saturated rings. The molecule has 3 atom stereocenters. The summed E-state index contributed by atoms with van der Waals surface area (Å²) >= 11 is 0. The molecule has 0 amide bonds. The van der Waals surface area contributed by atoms with Crippen molar-refractivity contribution in [1.29, 1.82) is 0 Å². The molecule has 0 spiro atoms. The van der Waals surface area contributed by atoms with Crippen LogP contribution >= 0.6 is 0 Å². The predicted molar refractivity (Wildman–Crippen MR) is 111 cm³/mol. The lowest BCUT2D eigenvalue weighted by Crippen LogP contribution is -2.72. The first kappa shape index (κ1) is 18.8. The van der Waals surface area contributed by atoms with Crippen LogP contribution in [0.2, 0.25) is 19.6 Å². The third-order valence-corrected chi connectivity index (χ3v) is 22.8. The summed E-state index contributed by atoms with van der Waals surface area (Å²) in [6.45, 7) is 14.2. The Kier molecular flexibility index (Phi) is 5.62. The number of rotatable bonds is 7. The number of benzene rings is 2. The zero-order valence-corrected chi connectivity index (χ0v) is 17.7. The van der Waals surface area contributed by atoms with Crippen LogP contribution in [0.25, 0.3) is 0 Å². The van der Waals surface area contributed by atoms with Gasteiger partial charge in [-0.3, -0.25) is 0 Å². The van der Waals surface area contributed by atoms with Crippen LogP contribution < -0.4 is 10.4 Å². The highest BCUT2D eigenvalue weighted by Crippen LogP contribution is 2.24. The molecule has 0 aliphatic carbocycles. The van der Waals surface area contributed by atoms with E-state index in [2.05, 4.69) is 50.5 Å². The van der Waals surface area contributed by atoms with Crippen LogP contribution in [0.3, 0.4) is 0 Å². The van der Waals surface area contributed by atoms with Crippen molar-refractivity contribution >= 4 is 34.4 Å². The standard InChI is InChI=1S/C19H26O2Si3/c1-6-22(3,18-14-10-8-11-15-18)21-24(5,23(4,20)7-2)19-16-12-9-13-17-19/h6-17,20H,1-2H2,3-5H3. The molecule has 2 aromatic carbocycles. The molecule has 3 unspecified atom stereocenters. The molecule has 2 rings (SSSR count). The maximum Gasteiger partial charge on any atom is 0.234 e. The topological polar surface area (TPSA) is 29.5 Å². The van der Waals surface area contributed by atoms with E-state index in [9.17, 15) is 4.80 Å². The van der Waals surface area contributed by atoms with Crippen LogP contribution in [-0.2, 0) is 4.12 Å². The maximum absolute atomic E-state index is 11.2. The Morgan fingerprint density at radius 1 is 0.792 bits per heavy atom. The average Bonchev–Trinajstić information content (AvgIpc) is 2.62. The lowest BCUT2D eigenvalue weighted by atomic mass is 10.4. The van der Waals surface area contributed by atoms with Gasteiger partial charge in [0.05, 0.1) is 0 Å². The third kappa shape index (κ3) is 3.45. The normalized spacial score (nSPS) is 18.7. The molecule has 5 heteroatoms. The second-order valence-corrected chi connectivity index (χ2v) is 21.8. The highest BCUT2D eigenvalue weighted by Gasteiger charge is 2.53. The summed E-state index contributed by atoms with van der Waals surface area (Å²) in [4.78, 5) is 11.2. The predicted octanol–water partition coefficient (Wildman–Crippen LogP) is 3.06. The Morgan fingerprint density at radius 2 is 1.25 bits per heavy atom. The summed E-state index contributed by atoms with van der Waals surface area (Å²) in [7, 11) is -7.78. The molecule has 126 valence electrons. The Morgan fingerprint density at radius 3 is 1.67 bits per heavy atom. The van der Waals surface area contributed by atoms with Crippen LogP contribution in [0.15, 0.2) is 85.2 Å². The van der Waals surface area contributed by atoms with Crippen LogP contribution in [0.5, 0.6) is 0 Å². The van der Waals surface area contributed by atoms with Gasteiger partial charge >= 0.3 is 0 Å². The molecular weight excluding hydrogens is 344 g/mol. The fourth-order valence-corrected chi connectivity index (χ4v) is 18.4. The molecule has 24 heavy (non-hydrogen) atoms. The van der Waals surface area contributed by atoms with Crippen molar-refractivity contribution in [2.24, 2.45) is 0 Å². The van der Waals surface area contributed by atoms with Crippen molar-refractivity contribution in [3.05, 3.63) is 85.2 Å². The third-order valence-electron chi connectivity index (χ3n) is 4.84. The van der Waals surface area contributed by atoms with Gasteiger partial charge in [-0.05, 0) is 30.0 Å². The van der Waals surface area contributed by atoms with E-state index in [0.29, 0.717) is 0 Å². The molecule has 0 aliphatic heterocycles. The van der Waals surface area contributed by atoms with Crippen molar-refractivity contribution < 1.29 is 8.91 Å². The van der Waals surface area contributed by atoms with Crippen LogP contribution in [-0.4, -0.2) is 28.8 Å². The molecule has 0 bridgehead atoms. The molecule has 0 saturated heterocycles. The van der Waals surface area contributed by atoms with Gasteiger partial charge in [0.2, 0.25) is 24.0 Å². The van der Waals surface area contributed by atoms with Gasteiger partial charge in [0, 0.05) is 0 Å². The molecule has 2 aromatic rings. The van der Waals surface area contributed by atoms with Crippen molar-refractivity contribution in [3.63, 3.8) is 0 Å². The number of hydrogen-bond acceptors (Lipinski definition) is 2. The fraction of sp³-hybridized carbons (Fsp3) is 0.158. The van der Waals surface area contributed by atoms with Gasteiger partial charge in [-0.2, -0.15) is 0 Å². The van der Waals surface area contributed by atoms with Gasteiger partial charge in [0.25, 0.3) is 0 Å². The lowest BCUT2D eigenvalue weighted by molar-refractivity contribution is 0.537. The summed E-state index contributed by atoms with van der Waals surface area (Å²) in [5.41, 5.74) is 3.71. The first-order valence-corrected chi connectivity index (χ1v) is 16.5. The van der Waals surface area contributed by atoms with E-state index in [1.165, 1.54) is 5.19 Å². The summed E-state index contributed by atoms with van der Waals surface area (Å²) < 4.78 is 6.90. The van der Waals surface area contributed by atoms with E-state index in [4.69, 9.17) is 4.12 Å². The van der Waals surface area contributed by atoms with Crippen LogP contribution in [0.4, 0.5) is 0 Å². The van der Waals surface area contributed by atoms with Crippen molar-refractivity contribution in [1.82, 2.24) is 0 Å². The summed E-state index contributed by atoms with van der Waals surface area (Å²) in [6.07, 6.45) is 0. The van der Waals surface area contributed by atoms with Crippen molar-refractivity contribution in [3.8, 4) is 0 Å². The smallest absolute Gasteiger partial charge is 0.234 e. The Hall–Kier alpha value is -1.51.